The summed E-state index contributed by atoms with van der Waals surface area (Å²) in [5.41, 5.74) is 9.19. The van der Waals surface area contributed by atoms with Gasteiger partial charge in [-0.3, -0.25) is 0 Å². The molecule has 0 saturated heterocycles. The summed E-state index contributed by atoms with van der Waals surface area (Å²) < 4.78 is 1.50. The van der Waals surface area contributed by atoms with Crippen LogP contribution in [0.5, 0.6) is 0 Å². The molecule has 2 heterocycles. The van der Waals surface area contributed by atoms with Crippen LogP contribution in [0, 0.1) is 30.6 Å². The van der Waals surface area contributed by atoms with Gasteiger partial charge in [0.25, 0.3) is 0 Å². The fourth-order valence-electron chi connectivity index (χ4n) is 2.20. The van der Waals surface area contributed by atoms with Gasteiger partial charge in [0.1, 0.15) is 23.3 Å². The highest BCUT2D eigenvalue weighted by atomic mass is 15.3. The van der Waals surface area contributed by atoms with Gasteiger partial charge < -0.3 is 21.8 Å². The van der Waals surface area contributed by atoms with Crippen molar-refractivity contribution in [3.05, 3.63) is 29.1 Å². The molecule has 2 aromatic heterocycles. The molecule has 0 aromatic carbocycles. The Morgan fingerprint density at radius 3 is 2.88 bits per heavy atom. The molecule has 8 heteroatoms. The minimum atomic E-state index is 0.264. The zero-order valence-electron chi connectivity index (χ0n) is 14.1. The third-order valence-electron chi connectivity index (χ3n) is 3.67. The van der Waals surface area contributed by atoms with Crippen molar-refractivity contribution in [1.29, 1.82) is 10.7 Å². The van der Waals surface area contributed by atoms with E-state index in [4.69, 9.17) is 11.1 Å². The van der Waals surface area contributed by atoms with Crippen LogP contribution in [0.1, 0.15) is 30.2 Å². The Balaban J connectivity index is 2.18. The van der Waals surface area contributed by atoms with E-state index in [9.17, 15) is 5.26 Å². The Morgan fingerprint density at radius 1 is 1.46 bits per heavy atom. The number of hydrogen-bond donors (Lipinski definition) is 4. The first-order valence-corrected chi connectivity index (χ1v) is 7.76. The lowest BCUT2D eigenvalue weighted by atomic mass is 10.2. The Kier molecular flexibility index (Phi) is 5.37. The second kappa shape index (κ2) is 7.46. The van der Waals surface area contributed by atoms with Gasteiger partial charge in [0.2, 0.25) is 0 Å². The summed E-state index contributed by atoms with van der Waals surface area (Å²) in [5, 5.41) is 27.7. The van der Waals surface area contributed by atoms with E-state index in [0.717, 1.165) is 17.8 Å². The lowest BCUT2D eigenvalue weighted by Gasteiger charge is -2.10. The lowest BCUT2D eigenvalue weighted by molar-refractivity contribution is 0.918. The number of allylic oxidation sites excluding steroid dienone is 1. The number of fused-ring (bicyclic) bond motifs is 1. The number of aromatic nitrogens is 3. The Bertz CT molecular complexity index is 825. The van der Waals surface area contributed by atoms with Gasteiger partial charge in [-0.1, -0.05) is 0 Å². The fourth-order valence-corrected chi connectivity index (χ4v) is 2.20. The summed E-state index contributed by atoms with van der Waals surface area (Å²) in [6, 6.07) is 2.08. The van der Waals surface area contributed by atoms with Crippen LogP contribution in [0.25, 0.3) is 5.65 Å². The maximum atomic E-state index is 9.37. The quantitative estimate of drug-likeness (QED) is 0.574. The minimum Gasteiger partial charge on any atom is -0.391 e. The van der Waals surface area contributed by atoms with Crippen LogP contribution in [0.15, 0.2) is 12.3 Å². The second-order valence-electron chi connectivity index (χ2n) is 5.37. The number of nitrogen functional groups attached to an aromatic ring is 1. The molecule has 0 aliphatic carbocycles. The molecule has 0 aliphatic rings. The summed E-state index contributed by atoms with van der Waals surface area (Å²) in [7, 11) is 0. The largest absolute Gasteiger partial charge is 0.391 e. The zero-order valence-corrected chi connectivity index (χ0v) is 14.1. The molecule has 24 heavy (non-hydrogen) atoms. The summed E-state index contributed by atoms with van der Waals surface area (Å²) in [5.74, 6) is 0.692. The summed E-state index contributed by atoms with van der Waals surface area (Å²) in [6.07, 6.45) is 3.98. The monoisotopic (exact) mass is 326 g/mol. The predicted octanol–water partition coefficient (Wildman–Crippen LogP) is 1.74. The average molecular weight is 326 g/mol. The number of nitrogens with two attached hydrogens (primary N) is 1. The number of nitrogens with one attached hydrogen (secondary N) is 3. The number of rotatable bonds is 7. The predicted molar refractivity (Wildman–Crippen MR) is 95.2 cm³/mol. The standard InChI is InChI=1S/C16H22N8/c1-4-20-7-5-12(18)6-8-21-15-13(9-17)14(19)24-16(22-15)10(2)11(3)23-24/h5,7,18,20H,4,6,8,19H2,1-3H3,(H,21,22)/b7-5-,18-12?. The van der Waals surface area contributed by atoms with Crippen molar-refractivity contribution in [2.45, 2.75) is 27.2 Å². The molecule has 0 saturated carbocycles. The molecule has 0 unspecified atom stereocenters. The van der Waals surface area contributed by atoms with Gasteiger partial charge in [0.05, 0.1) is 5.69 Å². The summed E-state index contributed by atoms with van der Waals surface area (Å²) in [4.78, 5) is 4.49. The van der Waals surface area contributed by atoms with E-state index in [1.54, 1.807) is 12.3 Å². The minimum absolute atomic E-state index is 0.264. The van der Waals surface area contributed by atoms with Crippen molar-refractivity contribution >= 4 is 23.0 Å². The molecule has 2 aromatic rings. The van der Waals surface area contributed by atoms with Crippen LogP contribution in [-0.4, -0.2) is 33.4 Å². The molecule has 0 bridgehead atoms. The average Bonchev–Trinajstić information content (AvgIpc) is 2.84. The van der Waals surface area contributed by atoms with E-state index in [0.29, 0.717) is 30.1 Å². The summed E-state index contributed by atoms with van der Waals surface area (Å²) >= 11 is 0. The van der Waals surface area contributed by atoms with Gasteiger partial charge >= 0.3 is 0 Å². The van der Waals surface area contributed by atoms with Crippen LogP contribution in [0.4, 0.5) is 11.6 Å². The van der Waals surface area contributed by atoms with E-state index >= 15 is 0 Å². The van der Waals surface area contributed by atoms with Crippen LogP contribution >= 0.6 is 0 Å². The first kappa shape index (κ1) is 17.3. The van der Waals surface area contributed by atoms with Gasteiger partial charge in [-0.2, -0.15) is 14.9 Å². The Hall–Kier alpha value is -3.08. The van der Waals surface area contributed by atoms with E-state index in [1.807, 2.05) is 20.8 Å². The van der Waals surface area contributed by atoms with Crippen molar-refractivity contribution in [3.63, 3.8) is 0 Å². The Labute approximate surface area is 140 Å². The molecule has 5 N–H and O–H groups in total. The fraction of sp³-hybridized carbons (Fsp3) is 0.375. The molecule has 0 aliphatic heterocycles. The molecule has 126 valence electrons. The molecule has 0 atom stereocenters. The van der Waals surface area contributed by atoms with Crippen LogP contribution < -0.4 is 16.4 Å². The Morgan fingerprint density at radius 2 is 2.21 bits per heavy atom. The topological polar surface area (TPSA) is 128 Å². The van der Waals surface area contributed by atoms with E-state index in [-0.39, 0.29) is 11.4 Å². The van der Waals surface area contributed by atoms with Crippen molar-refractivity contribution in [1.82, 2.24) is 19.9 Å². The molecule has 0 spiro atoms. The highest BCUT2D eigenvalue weighted by Gasteiger charge is 2.16. The number of anilines is 2. The first-order valence-electron chi connectivity index (χ1n) is 7.76. The maximum Gasteiger partial charge on any atom is 0.162 e. The molecule has 0 amide bonds. The smallest absolute Gasteiger partial charge is 0.162 e. The van der Waals surface area contributed by atoms with Gasteiger partial charge in [-0.25, -0.2) is 4.98 Å². The highest BCUT2D eigenvalue weighted by Crippen LogP contribution is 2.23. The van der Waals surface area contributed by atoms with Crippen molar-refractivity contribution < 1.29 is 0 Å². The number of nitrogens with zero attached hydrogens (tertiary/aromatic N) is 4. The van der Waals surface area contributed by atoms with Crippen molar-refractivity contribution in [2.24, 2.45) is 0 Å². The van der Waals surface area contributed by atoms with Crippen molar-refractivity contribution in [3.8, 4) is 6.07 Å². The molecular weight excluding hydrogens is 304 g/mol. The van der Waals surface area contributed by atoms with E-state index in [1.165, 1.54) is 4.52 Å². The van der Waals surface area contributed by atoms with Gasteiger partial charge in [-0.15, -0.1) is 0 Å². The van der Waals surface area contributed by atoms with Gasteiger partial charge in [0, 0.05) is 30.8 Å². The van der Waals surface area contributed by atoms with Crippen LogP contribution in [0.2, 0.25) is 0 Å². The highest BCUT2D eigenvalue weighted by molar-refractivity contribution is 5.92. The van der Waals surface area contributed by atoms with Crippen LogP contribution in [0.3, 0.4) is 0 Å². The molecule has 0 fully saturated rings. The first-order chi connectivity index (χ1) is 11.5. The van der Waals surface area contributed by atoms with E-state index in [2.05, 4.69) is 26.8 Å². The number of aryl methyl sites for hydroxylation is 2. The number of hydrogen-bond acceptors (Lipinski definition) is 7. The normalized spacial score (nSPS) is 10.9. The third kappa shape index (κ3) is 3.46. The van der Waals surface area contributed by atoms with Gasteiger partial charge in [0.15, 0.2) is 5.65 Å². The van der Waals surface area contributed by atoms with Crippen LogP contribution in [-0.2, 0) is 0 Å². The second-order valence-corrected chi connectivity index (χ2v) is 5.37. The van der Waals surface area contributed by atoms with Gasteiger partial charge in [-0.05, 0) is 33.0 Å². The molecule has 0 radical (unpaired) electrons. The van der Waals surface area contributed by atoms with E-state index < -0.39 is 0 Å². The zero-order chi connectivity index (χ0) is 17.7. The maximum absolute atomic E-state index is 9.37. The lowest BCUT2D eigenvalue weighted by Crippen LogP contribution is -2.13. The summed E-state index contributed by atoms with van der Waals surface area (Å²) in [6.45, 7) is 7.09. The number of nitriles is 1. The molecular formula is C16H22N8. The third-order valence-corrected chi connectivity index (χ3v) is 3.67. The molecule has 8 nitrogen and oxygen atoms in total. The SMILES string of the molecule is CCN/C=C\C(=N)CCNc1nc2c(C)c(C)nn2c(N)c1C#N. The van der Waals surface area contributed by atoms with Crippen molar-refractivity contribution in [2.75, 3.05) is 24.1 Å². The molecule has 2 rings (SSSR count).